The molecule has 0 aliphatic heterocycles. The van der Waals surface area contributed by atoms with Crippen molar-refractivity contribution < 1.29 is 14.3 Å². The number of carbonyl (C=O) groups excluding carboxylic acids is 1. The molecule has 1 aromatic heterocycles. The largest absolute Gasteiger partial charge is 0.497 e. The van der Waals surface area contributed by atoms with Gasteiger partial charge in [-0.05, 0) is 39.0 Å². The van der Waals surface area contributed by atoms with Crippen LogP contribution in [-0.2, 0) is 0 Å². The van der Waals surface area contributed by atoms with Gasteiger partial charge in [-0.15, -0.1) is 0 Å². The number of nitrogens with zero attached hydrogens (tertiary/aromatic N) is 2. The van der Waals surface area contributed by atoms with Crippen molar-refractivity contribution in [3.05, 3.63) is 35.7 Å². The minimum atomic E-state index is -0.283. The van der Waals surface area contributed by atoms with E-state index in [9.17, 15) is 4.79 Å². The fraction of sp³-hybridized carbons (Fsp3) is 0.375. The van der Waals surface area contributed by atoms with Gasteiger partial charge >= 0.3 is 0 Å². The second kappa shape index (κ2) is 6.51. The molecule has 1 heterocycles. The summed E-state index contributed by atoms with van der Waals surface area (Å²) in [5.41, 5.74) is 1.86. The number of methoxy groups -OCH3 is 2. The lowest BCUT2D eigenvalue weighted by Gasteiger charge is -2.11. The van der Waals surface area contributed by atoms with Gasteiger partial charge in [-0.2, -0.15) is 5.10 Å². The highest BCUT2D eigenvalue weighted by Gasteiger charge is 2.16. The minimum absolute atomic E-state index is 0.202. The smallest absolute Gasteiger partial charge is 0.276 e. The second-order valence-corrected chi connectivity index (χ2v) is 5.23. The molecule has 6 heteroatoms. The van der Waals surface area contributed by atoms with E-state index >= 15 is 0 Å². The van der Waals surface area contributed by atoms with E-state index in [0.717, 1.165) is 5.69 Å². The average Bonchev–Trinajstić information content (AvgIpc) is 2.89. The summed E-state index contributed by atoms with van der Waals surface area (Å²) in [4.78, 5) is 12.4. The summed E-state index contributed by atoms with van der Waals surface area (Å²) in [6.07, 6.45) is 0. The van der Waals surface area contributed by atoms with Crippen LogP contribution in [0.1, 0.15) is 36.1 Å². The Kier molecular flexibility index (Phi) is 4.70. The number of aromatic nitrogens is 2. The van der Waals surface area contributed by atoms with Gasteiger partial charge in [0.2, 0.25) is 0 Å². The topological polar surface area (TPSA) is 65.4 Å². The molecule has 0 saturated heterocycles. The van der Waals surface area contributed by atoms with Crippen LogP contribution in [0.3, 0.4) is 0 Å². The van der Waals surface area contributed by atoms with Crippen LogP contribution in [0, 0.1) is 6.92 Å². The maximum Gasteiger partial charge on any atom is 0.276 e. The molecule has 0 saturated carbocycles. The molecule has 0 bridgehead atoms. The van der Waals surface area contributed by atoms with Crippen molar-refractivity contribution in [1.29, 1.82) is 0 Å². The zero-order valence-corrected chi connectivity index (χ0v) is 13.5. The molecular formula is C16H21N3O3. The summed E-state index contributed by atoms with van der Waals surface area (Å²) >= 11 is 0. The van der Waals surface area contributed by atoms with Crippen LogP contribution in [0.5, 0.6) is 11.5 Å². The molecule has 2 rings (SSSR count). The van der Waals surface area contributed by atoms with Crippen molar-refractivity contribution in [2.75, 3.05) is 19.5 Å². The molecule has 0 aliphatic rings. The van der Waals surface area contributed by atoms with Gasteiger partial charge < -0.3 is 14.8 Å². The van der Waals surface area contributed by atoms with Crippen LogP contribution < -0.4 is 14.8 Å². The summed E-state index contributed by atoms with van der Waals surface area (Å²) in [6.45, 7) is 5.97. The lowest BCUT2D eigenvalue weighted by Crippen LogP contribution is -2.14. The van der Waals surface area contributed by atoms with Crippen molar-refractivity contribution in [3.8, 4) is 11.5 Å². The first-order chi connectivity index (χ1) is 10.5. The van der Waals surface area contributed by atoms with Gasteiger partial charge in [-0.25, -0.2) is 0 Å². The monoisotopic (exact) mass is 303 g/mol. The van der Waals surface area contributed by atoms with E-state index < -0.39 is 0 Å². The first-order valence-corrected chi connectivity index (χ1v) is 7.05. The third-order valence-electron chi connectivity index (χ3n) is 3.30. The number of ether oxygens (including phenoxy) is 2. The van der Waals surface area contributed by atoms with Gasteiger partial charge in [0.25, 0.3) is 5.91 Å². The van der Waals surface area contributed by atoms with Crippen LogP contribution in [0.25, 0.3) is 0 Å². The van der Waals surface area contributed by atoms with Crippen molar-refractivity contribution >= 4 is 11.6 Å². The molecule has 0 aliphatic carbocycles. The van der Waals surface area contributed by atoms with Crippen LogP contribution in [-0.4, -0.2) is 29.9 Å². The Morgan fingerprint density at radius 3 is 2.50 bits per heavy atom. The lowest BCUT2D eigenvalue weighted by molar-refractivity contribution is 0.102. The highest BCUT2D eigenvalue weighted by atomic mass is 16.5. The molecule has 2 aromatic rings. The van der Waals surface area contributed by atoms with Crippen LogP contribution >= 0.6 is 0 Å². The van der Waals surface area contributed by atoms with Crippen LogP contribution in [0.4, 0.5) is 5.69 Å². The van der Waals surface area contributed by atoms with E-state index in [0.29, 0.717) is 22.9 Å². The van der Waals surface area contributed by atoms with Gasteiger partial charge in [0.1, 0.15) is 11.5 Å². The maximum atomic E-state index is 12.4. The number of anilines is 1. The quantitative estimate of drug-likeness (QED) is 0.922. The summed E-state index contributed by atoms with van der Waals surface area (Å²) in [7, 11) is 3.12. The van der Waals surface area contributed by atoms with E-state index in [1.54, 1.807) is 38.5 Å². The van der Waals surface area contributed by atoms with Crippen molar-refractivity contribution in [2.24, 2.45) is 0 Å². The number of hydrogen-bond acceptors (Lipinski definition) is 4. The fourth-order valence-corrected chi connectivity index (χ4v) is 2.22. The number of aryl methyl sites for hydroxylation is 1. The zero-order valence-electron chi connectivity index (χ0n) is 13.5. The first-order valence-electron chi connectivity index (χ1n) is 7.05. The molecule has 0 unspecified atom stereocenters. The molecular weight excluding hydrogens is 282 g/mol. The number of hydrogen-bond donors (Lipinski definition) is 1. The van der Waals surface area contributed by atoms with Crippen molar-refractivity contribution in [1.82, 2.24) is 9.78 Å². The molecule has 6 nitrogen and oxygen atoms in total. The Bertz CT molecular complexity index is 677. The third kappa shape index (κ3) is 3.21. The summed E-state index contributed by atoms with van der Waals surface area (Å²) < 4.78 is 12.2. The number of rotatable bonds is 5. The summed E-state index contributed by atoms with van der Waals surface area (Å²) in [6, 6.07) is 7.19. The molecule has 22 heavy (non-hydrogen) atoms. The predicted octanol–water partition coefficient (Wildman–Crippen LogP) is 3.04. The lowest BCUT2D eigenvalue weighted by atomic mass is 10.2. The number of nitrogens with one attached hydrogen (secondary N) is 1. The Labute approximate surface area is 130 Å². The summed E-state index contributed by atoms with van der Waals surface area (Å²) in [5.74, 6) is 0.920. The van der Waals surface area contributed by atoms with E-state index in [1.807, 2.05) is 25.5 Å². The van der Waals surface area contributed by atoms with Gasteiger partial charge in [0.05, 0.1) is 19.9 Å². The maximum absolute atomic E-state index is 12.4. The number of amides is 1. The minimum Gasteiger partial charge on any atom is -0.497 e. The standard InChI is InChI=1S/C16H21N3O3/c1-10(2)19-11(3)8-14(18-19)16(20)17-13-9-12(21-4)6-7-15(13)22-5/h6-10H,1-5H3,(H,17,20). The van der Waals surface area contributed by atoms with Crippen LogP contribution in [0.2, 0.25) is 0 Å². The van der Waals surface area contributed by atoms with Gasteiger partial charge in [-0.1, -0.05) is 0 Å². The van der Waals surface area contributed by atoms with Crippen molar-refractivity contribution in [3.63, 3.8) is 0 Å². The molecule has 0 spiro atoms. The normalized spacial score (nSPS) is 10.6. The first kappa shape index (κ1) is 15.9. The highest BCUT2D eigenvalue weighted by Crippen LogP contribution is 2.29. The van der Waals surface area contributed by atoms with Crippen molar-refractivity contribution in [2.45, 2.75) is 26.8 Å². The average molecular weight is 303 g/mol. The molecule has 118 valence electrons. The molecule has 0 atom stereocenters. The Morgan fingerprint density at radius 1 is 1.23 bits per heavy atom. The third-order valence-corrected chi connectivity index (χ3v) is 3.30. The van der Waals surface area contributed by atoms with Gasteiger partial charge in [0.15, 0.2) is 5.69 Å². The van der Waals surface area contributed by atoms with E-state index in [4.69, 9.17) is 9.47 Å². The zero-order chi connectivity index (χ0) is 16.3. The molecule has 0 radical (unpaired) electrons. The van der Waals surface area contributed by atoms with E-state index in [-0.39, 0.29) is 11.9 Å². The van der Waals surface area contributed by atoms with E-state index in [2.05, 4.69) is 10.4 Å². The fourth-order valence-electron chi connectivity index (χ4n) is 2.22. The highest BCUT2D eigenvalue weighted by molar-refractivity contribution is 6.03. The Hall–Kier alpha value is -2.50. The van der Waals surface area contributed by atoms with E-state index in [1.165, 1.54) is 0 Å². The van der Waals surface area contributed by atoms with Crippen LogP contribution in [0.15, 0.2) is 24.3 Å². The second-order valence-electron chi connectivity index (χ2n) is 5.23. The Morgan fingerprint density at radius 2 is 1.95 bits per heavy atom. The molecule has 1 aromatic carbocycles. The van der Waals surface area contributed by atoms with Gasteiger partial charge in [0, 0.05) is 17.8 Å². The molecule has 1 N–H and O–H groups in total. The number of benzene rings is 1. The summed E-state index contributed by atoms with van der Waals surface area (Å²) in [5, 5.41) is 7.15. The molecule has 1 amide bonds. The molecule has 0 fully saturated rings. The SMILES string of the molecule is COc1ccc(OC)c(NC(=O)c2cc(C)n(C(C)C)n2)c1. The van der Waals surface area contributed by atoms with Gasteiger partial charge in [-0.3, -0.25) is 9.48 Å². The number of carbonyl (C=O) groups is 1. The Balaban J connectivity index is 2.27. The predicted molar refractivity (Wildman–Crippen MR) is 84.8 cm³/mol.